The minimum Gasteiger partial charge on any atom is -0.495 e. The van der Waals surface area contributed by atoms with Crippen molar-refractivity contribution >= 4 is 40.3 Å². The highest BCUT2D eigenvalue weighted by atomic mass is 35.5. The van der Waals surface area contributed by atoms with Crippen LogP contribution in [0.1, 0.15) is 5.56 Å². The fraction of sp³-hybridized carbons (Fsp3) is 0.111. The maximum atomic E-state index is 6.04. The molecule has 3 aromatic rings. The van der Waals surface area contributed by atoms with Crippen LogP contribution in [0.2, 0.25) is 5.02 Å². The van der Waals surface area contributed by atoms with E-state index < -0.39 is 0 Å². The van der Waals surface area contributed by atoms with Crippen molar-refractivity contribution in [2.45, 2.75) is 6.54 Å². The molecule has 0 amide bonds. The number of anilines is 2. The minimum atomic E-state index is 0.455. The largest absolute Gasteiger partial charge is 0.495 e. The molecule has 0 aliphatic heterocycles. The van der Waals surface area contributed by atoms with E-state index in [0.717, 1.165) is 11.3 Å². The summed E-state index contributed by atoms with van der Waals surface area (Å²) in [4.78, 5) is 0. The van der Waals surface area contributed by atoms with Crippen molar-refractivity contribution in [2.75, 3.05) is 17.7 Å². The molecule has 2 N–H and O–H groups in total. The zero-order valence-electron chi connectivity index (χ0n) is 13.6. The highest BCUT2D eigenvalue weighted by Crippen LogP contribution is 2.27. The Hall–Kier alpha value is -2.57. The van der Waals surface area contributed by atoms with Crippen molar-refractivity contribution in [3.63, 3.8) is 0 Å². The van der Waals surface area contributed by atoms with Crippen molar-refractivity contribution in [3.8, 4) is 5.75 Å². The maximum Gasteiger partial charge on any atom is 0.175 e. The average Bonchev–Trinajstić information content (AvgIpc) is 3.08. The summed E-state index contributed by atoms with van der Waals surface area (Å²) in [5.41, 5.74) is 2.72. The minimum absolute atomic E-state index is 0.455. The molecule has 1 aromatic heterocycles. The molecule has 25 heavy (non-hydrogen) atoms. The Morgan fingerprint density at radius 3 is 2.84 bits per heavy atom. The average molecular weight is 373 g/mol. The molecular weight excluding hydrogens is 356 g/mol. The van der Waals surface area contributed by atoms with Gasteiger partial charge in [0.25, 0.3) is 0 Å². The van der Waals surface area contributed by atoms with E-state index in [4.69, 9.17) is 28.6 Å². The Labute approximate surface area is 156 Å². The topological polar surface area (TPSA) is 51.1 Å². The summed E-state index contributed by atoms with van der Waals surface area (Å²) in [5.74, 6) is 0.668. The van der Waals surface area contributed by atoms with Gasteiger partial charge in [0.2, 0.25) is 0 Å². The number of halogens is 1. The lowest BCUT2D eigenvalue weighted by molar-refractivity contribution is 0.417. The lowest BCUT2D eigenvalue weighted by Crippen LogP contribution is -2.19. The van der Waals surface area contributed by atoms with Gasteiger partial charge in [-0.2, -0.15) is 5.10 Å². The van der Waals surface area contributed by atoms with Crippen LogP contribution in [0.5, 0.6) is 5.75 Å². The zero-order valence-corrected chi connectivity index (χ0v) is 15.1. The summed E-state index contributed by atoms with van der Waals surface area (Å²) in [7, 11) is 1.60. The molecule has 0 atom stereocenters. The van der Waals surface area contributed by atoms with Crippen molar-refractivity contribution in [1.82, 2.24) is 9.78 Å². The fourth-order valence-corrected chi connectivity index (χ4v) is 2.79. The van der Waals surface area contributed by atoms with Crippen LogP contribution in [-0.4, -0.2) is 22.0 Å². The Kier molecular flexibility index (Phi) is 5.53. The maximum absolute atomic E-state index is 6.04. The van der Waals surface area contributed by atoms with Gasteiger partial charge < -0.3 is 15.4 Å². The van der Waals surface area contributed by atoms with E-state index in [0.29, 0.717) is 28.1 Å². The second kappa shape index (κ2) is 8.00. The van der Waals surface area contributed by atoms with Crippen LogP contribution in [0.15, 0.2) is 60.9 Å². The summed E-state index contributed by atoms with van der Waals surface area (Å²) >= 11 is 11.4. The van der Waals surface area contributed by atoms with Crippen molar-refractivity contribution in [1.29, 1.82) is 0 Å². The molecule has 1 heterocycles. The molecule has 0 aliphatic rings. The molecule has 0 spiro atoms. The molecule has 0 fully saturated rings. The van der Waals surface area contributed by atoms with E-state index in [1.165, 1.54) is 0 Å². The van der Waals surface area contributed by atoms with Gasteiger partial charge in [0.1, 0.15) is 5.75 Å². The number of methoxy groups -OCH3 is 1. The quantitative estimate of drug-likeness (QED) is 0.650. The molecule has 0 saturated heterocycles. The van der Waals surface area contributed by atoms with Crippen molar-refractivity contribution < 1.29 is 4.74 Å². The molecule has 3 rings (SSSR count). The first-order valence-corrected chi connectivity index (χ1v) is 8.40. The number of ether oxygens (including phenoxy) is 1. The third-order valence-corrected chi connectivity index (χ3v) is 3.94. The second-order valence-corrected chi connectivity index (χ2v) is 6.17. The molecular formula is C18H17ClN4OS. The first-order chi connectivity index (χ1) is 12.1. The Bertz CT molecular complexity index is 867. The van der Waals surface area contributed by atoms with Gasteiger partial charge in [-0.3, -0.25) is 4.68 Å². The monoisotopic (exact) mass is 372 g/mol. The summed E-state index contributed by atoms with van der Waals surface area (Å²) in [5, 5.41) is 11.6. The highest BCUT2D eigenvalue weighted by Gasteiger charge is 2.06. The highest BCUT2D eigenvalue weighted by molar-refractivity contribution is 7.80. The molecule has 0 aliphatic carbocycles. The van der Waals surface area contributed by atoms with Gasteiger partial charge in [-0.05, 0) is 54.2 Å². The van der Waals surface area contributed by atoms with Crippen LogP contribution in [-0.2, 0) is 6.54 Å². The summed E-state index contributed by atoms with van der Waals surface area (Å²) in [6.45, 7) is 0.699. The van der Waals surface area contributed by atoms with Crippen LogP contribution < -0.4 is 15.4 Å². The van der Waals surface area contributed by atoms with E-state index in [1.807, 2.05) is 41.2 Å². The van der Waals surface area contributed by atoms with Gasteiger partial charge in [0.15, 0.2) is 5.11 Å². The first kappa shape index (κ1) is 17.3. The Morgan fingerprint density at radius 1 is 1.20 bits per heavy atom. The summed E-state index contributed by atoms with van der Waals surface area (Å²) in [6, 6.07) is 15.2. The predicted molar refractivity (Wildman–Crippen MR) is 106 cm³/mol. The Balaban J connectivity index is 1.68. The first-order valence-electron chi connectivity index (χ1n) is 7.62. The third-order valence-electron chi connectivity index (χ3n) is 3.50. The number of nitrogens with one attached hydrogen (secondary N) is 2. The number of benzene rings is 2. The molecule has 128 valence electrons. The van der Waals surface area contributed by atoms with E-state index in [9.17, 15) is 0 Å². The SMILES string of the molecule is COc1ccc(Cl)cc1NC(=S)Nc1cccc(Cn2cccn2)c1. The number of rotatable bonds is 5. The second-order valence-electron chi connectivity index (χ2n) is 5.33. The van der Waals surface area contributed by atoms with Gasteiger partial charge in [0.05, 0.1) is 19.3 Å². The lowest BCUT2D eigenvalue weighted by Gasteiger charge is -2.14. The van der Waals surface area contributed by atoms with Crippen LogP contribution >= 0.6 is 23.8 Å². The number of aromatic nitrogens is 2. The van der Waals surface area contributed by atoms with E-state index >= 15 is 0 Å². The van der Waals surface area contributed by atoms with Gasteiger partial charge in [-0.25, -0.2) is 0 Å². The summed E-state index contributed by atoms with van der Waals surface area (Å²) < 4.78 is 7.18. The van der Waals surface area contributed by atoms with Crippen molar-refractivity contribution in [2.24, 2.45) is 0 Å². The van der Waals surface area contributed by atoms with E-state index in [1.54, 1.807) is 31.5 Å². The van der Waals surface area contributed by atoms with Crippen LogP contribution in [0.3, 0.4) is 0 Å². The number of hydrogen-bond acceptors (Lipinski definition) is 3. The molecule has 2 aromatic carbocycles. The number of nitrogens with zero attached hydrogens (tertiary/aromatic N) is 2. The van der Waals surface area contributed by atoms with E-state index in [2.05, 4.69) is 15.7 Å². The molecule has 0 saturated carbocycles. The van der Waals surface area contributed by atoms with Gasteiger partial charge in [-0.15, -0.1) is 0 Å². The van der Waals surface area contributed by atoms with Crippen molar-refractivity contribution in [3.05, 3.63) is 71.5 Å². The lowest BCUT2D eigenvalue weighted by atomic mass is 10.2. The number of thiocarbonyl (C=S) groups is 1. The zero-order chi connectivity index (χ0) is 17.6. The summed E-state index contributed by atoms with van der Waals surface area (Å²) in [6.07, 6.45) is 3.69. The van der Waals surface area contributed by atoms with Crippen LogP contribution in [0.4, 0.5) is 11.4 Å². The third kappa shape index (κ3) is 4.71. The van der Waals surface area contributed by atoms with Crippen LogP contribution in [0, 0.1) is 0 Å². The Morgan fingerprint density at radius 2 is 2.08 bits per heavy atom. The fourth-order valence-electron chi connectivity index (χ4n) is 2.39. The number of hydrogen-bond donors (Lipinski definition) is 2. The molecule has 5 nitrogen and oxygen atoms in total. The molecule has 7 heteroatoms. The smallest absolute Gasteiger partial charge is 0.175 e. The van der Waals surface area contributed by atoms with E-state index in [-0.39, 0.29) is 0 Å². The van der Waals surface area contributed by atoms with Crippen LogP contribution in [0.25, 0.3) is 0 Å². The predicted octanol–water partition coefficient (Wildman–Crippen LogP) is 4.40. The standard InChI is InChI=1S/C18H17ClN4OS/c1-24-17-7-6-14(19)11-16(17)22-18(25)21-15-5-2-4-13(10-15)12-23-9-3-8-20-23/h2-11H,12H2,1H3,(H2,21,22,25). The normalized spacial score (nSPS) is 10.3. The van der Waals surface area contributed by atoms with Gasteiger partial charge in [-0.1, -0.05) is 23.7 Å². The van der Waals surface area contributed by atoms with Gasteiger partial charge >= 0.3 is 0 Å². The molecule has 0 bridgehead atoms. The molecule has 0 unspecified atom stereocenters. The van der Waals surface area contributed by atoms with Gasteiger partial charge in [0, 0.05) is 23.1 Å². The molecule has 0 radical (unpaired) electrons.